The summed E-state index contributed by atoms with van der Waals surface area (Å²) in [5.74, 6) is 6.36. The first-order valence-corrected chi connectivity index (χ1v) is 7.63. The van der Waals surface area contributed by atoms with Gasteiger partial charge in [-0.1, -0.05) is 51.5 Å². The van der Waals surface area contributed by atoms with Crippen LogP contribution in [0.5, 0.6) is 5.75 Å². The third kappa shape index (κ3) is 5.27. The second-order valence-corrected chi connectivity index (χ2v) is 5.56. The summed E-state index contributed by atoms with van der Waals surface area (Å²) in [7, 11) is 0. The molecule has 3 nitrogen and oxygen atoms in total. The molecule has 4 heteroatoms. The highest BCUT2D eigenvalue weighted by Crippen LogP contribution is 2.17. The maximum absolute atomic E-state index is 11.8. The van der Waals surface area contributed by atoms with E-state index in [9.17, 15) is 4.79 Å². The summed E-state index contributed by atoms with van der Waals surface area (Å²) in [6.07, 6.45) is 0. The molecule has 0 bridgehead atoms. The fourth-order valence-corrected chi connectivity index (χ4v) is 2.10. The molecule has 2 aromatic rings. The van der Waals surface area contributed by atoms with Gasteiger partial charge in [-0.25, -0.2) is 0 Å². The van der Waals surface area contributed by atoms with Crippen LogP contribution in [-0.4, -0.2) is 19.1 Å². The number of carbonyl (C=O) groups is 1. The number of ether oxygens (including phenoxy) is 1. The molecule has 112 valence electrons. The van der Waals surface area contributed by atoms with Crippen LogP contribution in [-0.2, 0) is 0 Å². The minimum atomic E-state index is -0.123. The van der Waals surface area contributed by atoms with Gasteiger partial charge in [0.2, 0.25) is 0 Å². The molecule has 0 fully saturated rings. The van der Waals surface area contributed by atoms with Gasteiger partial charge in [0.05, 0.1) is 6.54 Å². The van der Waals surface area contributed by atoms with Gasteiger partial charge in [0.1, 0.15) is 12.4 Å². The summed E-state index contributed by atoms with van der Waals surface area (Å²) in [5.41, 5.74) is 1.76. The topological polar surface area (TPSA) is 38.3 Å². The molecule has 0 aromatic heterocycles. The molecule has 2 rings (SSSR count). The fourth-order valence-electron chi connectivity index (χ4n) is 1.72. The van der Waals surface area contributed by atoms with E-state index >= 15 is 0 Å². The van der Waals surface area contributed by atoms with Gasteiger partial charge >= 0.3 is 0 Å². The van der Waals surface area contributed by atoms with E-state index in [4.69, 9.17) is 4.74 Å². The molecule has 0 saturated carbocycles. The summed E-state index contributed by atoms with van der Waals surface area (Å²) < 4.78 is 6.44. The molecule has 0 radical (unpaired) electrons. The van der Waals surface area contributed by atoms with Gasteiger partial charge in [-0.15, -0.1) is 0 Å². The number of aryl methyl sites for hydroxylation is 1. The van der Waals surface area contributed by atoms with Gasteiger partial charge in [-0.2, -0.15) is 0 Å². The lowest BCUT2D eigenvalue weighted by molar-refractivity contribution is 0.0958. The number of hydrogen-bond donors (Lipinski definition) is 1. The van der Waals surface area contributed by atoms with Gasteiger partial charge < -0.3 is 10.1 Å². The normalized spacial score (nSPS) is 9.55. The Balaban J connectivity index is 1.73. The molecule has 0 aliphatic rings. The number of halogens is 1. The van der Waals surface area contributed by atoms with E-state index in [0.29, 0.717) is 12.1 Å². The zero-order valence-electron chi connectivity index (χ0n) is 12.2. The SMILES string of the molecule is Cc1ccc(C(=O)NCC#CCOc2cccc(Br)c2)cc1. The largest absolute Gasteiger partial charge is 0.481 e. The average Bonchev–Trinajstić information content (AvgIpc) is 2.51. The highest BCUT2D eigenvalue weighted by Gasteiger charge is 2.02. The zero-order valence-corrected chi connectivity index (χ0v) is 13.8. The van der Waals surface area contributed by atoms with Crippen LogP contribution >= 0.6 is 15.9 Å². The van der Waals surface area contributed by atoms with Gasteiger partial charge in [0.25, 0.3) is 5.91 Å². The Morgan fingerprint density at radius 2 is 1.95 bits per heavy atom. The van der Waals surface area contributed by atoms with Crippen molar-refractivity contribution in [3.8, 4) is 17.6 Å². The standard InChI is InChI=1S/C18H16BrNO2/c1-14-7-9-15(10-8-14)18(21)20-11-2-3-12-22-17-6-4-5-16(19)13-17/h4-10,13H,11-12H2,1H3,(H,20,21). The van der Waals surface area contributed by atoms with Crippen molar-refractivity contribution in [3.05, 3.63) is 64.1 Å². The minimum Gasteiger partial charge on any atom is -0.481 e. The number of nitrogens with one attached hydrogen (secondary N) is 1. The highest BCUT2D eigenvalue weighted by atomic mass is 79.9. The first-order chi connectivity index (χ1) is 10.6. The zero-order chi connectivity index (χ0) is 15.8. The molecule has 0 atom stereocenters. The summed E-state index contributed by atoms with van der Waals surface area (Å²) >= 11 is 3.37. The van der Waals surface area contributed by atoms with Crippen LogP contribution in [0.3, 0.4) is 0 Å². The number of rotatable bonds is 4. The first-order valence-electron chi connectivity index (χ1n) is 6.84. The van der Waals surface area contributed by atoms with Crippen LogP contribution in [0.2, 0.25) is 0 Å². The van der Waals surface area contributed by atoms with Crippen LogP contribution in [0.15, 0.2) is 53.0 Å². The molecule has 2 aromatic carbocycles. The maximum Gasteiger partial charge on any atom is 0.252 e. The van der Waals surface area contributed by atoms with Gasteiger partial charge in [-0.3, -0.25) is 4.79 Å². The lowest BCUT2D eigenvalue weighted by atomic mass is 10.1. The Morgan fingerprint density at radius 3 is 2.68 bits per heavy atom. The van der Waals surface area contributed by atoms with Crippen molar-refractivity contribution in [2.75, 3.05) is 13.2 Å². The Morgan fingerprint density at radius 1 is 1.18 bits per heavy atom. The highest BCUT2D eigenvalue weighted by molar-refractivity contribution is 9.10. The molecule has 0 saturated heterocycles. The van der Waals surface area contributed by atoms with Crippen LogP contribution in [0.4, 0.5) is 0 Å². The summed E-state index contributed by atoms with van der Waals surface area (Å²) in [4.78, 5) is 11.8. The molecular weight excluding hydrogens is 342 g/mol. The van der Waals surface area contributed by atoms with Crippen molar-refractivity contribution in [1.29, 1.82) is 0 Å². The molecule has 0 aliphatic heterocycles. The van der Waals surface area contributed by atoms with Crippen molar-refractivity contribution in [2.45, 2.75) is 6.92 Å². The van der Waals surface area contributed by atoms with Crippen molar-refractivity contribution < 1.29 is 9.53 Å². The second kappa shape index (κ2) is 8.26. The second-order valence-electron chi connectivity index (χ2n) is 4.65. The van der Waals surface area contributed by atoms with Crippen molar-refractivity contribution >= 4 is 21.8 Å². The Bertz CT molecular complexity index is 699. The van der Waals surface area contributed by atoms with Crippen LogP contribution in [0.1, 0.15) is 15.9 Å². The quantitative estimate of drug-likeness (QED) is 0.849. The Kier molecular flexibility index (Phi) is 6.05. The molecule has 0 unspecified atom stereocenters. The van der Waals surface area contributed by atoms with Crippen molar-refractivity contribution in [2.24, 2.45) is 0 Å². The maximum atomic E-state index is 11.8. The van der Waals surface area contributed by atoms with Crippen LogP contribution < -0.4 is 10.1 Å². The first kappa shape index (κ1) is 16.1. The van der Waals surface area contributed by atoms with E-state index in [2.05, 4.69) is 33.1 Å². The molecule has 0 heterocycles. The molecule has 22 heavy (non-hydrogen) atoms. The number of carbonyl (C=O) groups excluding carboxylic acids is 1. The Hall–Kier alpha value is -2.25. The fraction of sp³-hybridized carbons (Fsp3) is 0.167. The monoisotopic (exact) mass is 357 g/mol. The molecule has 0 aliphatic carbocycles. The van der Waals surface area contributed by atoms with E-state index in [1.54, 1.807) is 12.1 Å². The lowest BCUT2D eigenvalue weighted by Crippen LogP contribution is -2.23. The van der Waals surface area contributed by atoms with E-state index in [1.807, 2.05) is 43.3 Å². The van der Waals surface area contributed by atoms with Gasteiger partial charge in [-0.05, 0) is 37.3 Å². The van der Waals surface area contributed by atoms with Crippen LogP contribution in [0, 0.1) is 18.8 Å². The predicted octanol–water partition coefficient (Wildman–Crippen LogP) is 3.57. The van der Waals surface area contributed by atoms with E-state index in [-0.39, 0.29) is 12.5 Å². The molecular formula is C18H16BrNO2. The molecule has 1 amide bonds. The number of amides is 1. The van der Waals surface area contributed by atoms with Crippen molar-refractivity contribution in [1.82, 2.24) is 5.32 Å². The Labute approximate surface area is 138 Å². The molecule has 1 N–H and O–H groups in total. The van der Waals surface area contributed by atoms with E-state index in [0.717, 1.165) is 15.8 Å². The van der Waals surface area contributed by atoms with E-state index < -0.39 is 0 Å². The van der Waals surface area contributed by atoms with Gasteiger partial charge in [0, 0.05) is 10.0 Å². The minimum absolute atomic E-state index is 0.123. The van der Waals surface area contributed by atoms with Crippen molar-refractivity contribution in [3.63, 3.8) is 0 Å². The lowest BCUT2D eigenvalue weighted by Gasteiger charge is -2.02. The summed E-state index contributed by atoms with van der Waals surface area (Å²) in [6, 6.07) is 15.0. The molecule has 0 spiro atoms. The number of benzene rings is 2. The summed E-state index contributed by atoms with van der Waals surface area (Å²) in [5, 5.41) is 2.75. The van der Waals surface area contributed by atoms with E-state index in [1.165, 1.54) is 0 Å². The predicted molar refractivity (Wildman–Crippen MR) is 90.9 cm³/mol. The summed E-state index contributed by atoms with van der Waals surface area (Å²) in [6.45, 7) is 2.57. The third-order valence-corrected chi connectivity index (χ3v) is 3.38. The van der Waals surface area contributed by atoms with Gasteiger partial charge in [0.15, 0.2) is 0 Å². The smallest absolute Gasteiger partial charge is 0.252 e. The number of hydrogen-bond acceptors (Lipinski definition) is 2. The third-order valence-electron chi connectivity index (χ3n) is 2.88. The van der Waals surface area contributed by atoms with Crippen LogP contribution in [0.25, 0.3) is 0 Å². The average molecular weight is 358 g/mol.